The van der Waals surface area contributed by atoms with E-state index in [1.165, 1.54) is 0 Å². The van der Waals surface area contributed by atoms with Crippen molar-refractivity contribution in [1.82, 2.24) is 9.97 Å². The molecule has 1 saturated heterocycles. The number of aromatic carboxylic acids is 1. The summed E-state index contributed by atoms with van der Waals surface area (Å²) in [5.41, 5.74) is 7.44. The molecule has 2 aromatic rings. The van der Waals surface area contributed by atoms with E-state index in [0.29, 0.717) is 29.6 Å². The Morgan fingerprint density at radius 2 is 2.29 bits per heavy atom. The zero-order chi connectivity index (χ0) is 17.1. The second kappa shape index (κ2) is 6.84. The van der Waals surface area contributed by atoms with Crippen molar-refractivity contribution in [2.75, 3.05) is 24.6 Å². The van der Waals surface area contributed by atoms with Crippen molar-refractivity contribution < 1.29 is 14.6 Å². The van der Waals surface area contributed by atoms with E-state index < -0.39 is 5.97 Å². The van der Waals surface area contributed by atoms with Crippen LogP contribution >= 0.6 is 0 Å². The molecule has 0 saturated carbocycles. The smallest absolute Gasteiger partial charge is 0.339 e. The molecule has 24 heavy (non-hydrogen) atoms. The number of carboxylic acids is 1. The van der Waals surface area contributed by atoms with Gasteiger partial charge in [0.2, 0.25) is 5.95 Å². The molecule has 126 valence electrons. The summed E-state index contributed by atoms with van der Waals surface area (Å²) in [6.07, 6.45) is 2.60. The van der Waals surface area contributed by atoms with Gasteiger partial charge >= 0.3 is 5.97 Å². The molecule has 0 amide bonds. The first-order valence-electron chi connectivity index (χ1n) is 7.92. The summed E-state index contributed by atoms with van der Waals surface area (Å²) in [7, 11) is 0. The highest BCUT2D eigenvalue weighted by atomic mass is 16.5. The van der Waals surface area contributed by atoms with Crippen molar-refractivity contribution in [3.8, 4) is 17.0 Å². The first-order valence-corrected chi connectivity index (χ1v) is 7.92. The highest BCUT2D eigenvalue weighted by molar-refractivity contribution is 5.92. The number of anilines is 1. The van der Waals surface area contributed by atoms with Gasteiger partial charge in [-0.1, -0.05) is 0 Å². The van der Waals surface area contributed by atoms with Gasteiger partial charge in [0.15, 0.2) is 0 Å². The van der Waals surface area contributed by atoms with Gasteiger partial charge in [-0.15, -0.1) is 0 Å². The van der Waals surface area contributed by atoms with Crippen LogP contribution in [0.4, 0.5) is 5.95 Å². The summed E-state index contributed by atoms with van der Waals surface area (Å²) in [6.45, 7) is 3.78. The van der Waals surface area contributed by atoms with Gasteiger partial charge in [0.1, 0.15) is 11.3 Å². The maximum atomic E-state index is 11.5. The number of hydrogen-bond acceptors (Lipinski definition) is 6. The molecule has 0 radical (unpaired) electrons. The van der Waals surface area contributed by atoms with Crippen LogP contribution in [0, 0.1) is 0 Å². The van der Waals surface area contributed by atoms with Crippen LogP contribution < -0.4 is 15.4 Å². The Kier molecular flexibility index (Phi) is 4.61. The van der Waals surface area contributed by atoms with Crippen LogP contribution in [-0.2, 0) is 0 Å². The van der Waals surface area contributed by atoms with Crippen LogP contribution in [0.15, 0.2) is 30.5 Å². The Bertz CT molecular complexity index is 750. The predicted octanol–water partition coefficient (Wildman–Crippen LogP) is 1.78. The zero-order valence-electron chi connectivity index (χ0n) is 13.5. The minimum atomic E-state index is -1.03. The van der Waals surface area contributed by atoms with E-state index >= 15 is 0 Å². The van der Waals surface area contributed by atoms with Crippen LogP contribution in [0.3, 0.4) is 0 Å². The molecule has 1 aromatic carbocycles. The lowest BCUT2D eigenvalue weighted by Gasteiger charge is -2.16. The zero-order valence-corrected chi connectivity index (χ0v) is 13.5. The number of carboxylic acid groups (broad SMARTS) is 1. The largest absolute Gasteiger partial charge is 0.493 e. The Hall–Kier alpha value is -2.67. The van der Waals surface area contributed by atoms with Crippen molar-refractivity contribution in [3.63, 3.8) is 0 Å². The number of carbonyl (C=O) groups is 1. The minimum absolute atomic E-state index is 0.123. The van der Waals surface area contributed by atoms with Gasteiger partial charge in [-0.25, -0.2) is 14.8 Å². The molecular formula is C17H20N4O3. The number of ether oxygens (including phenoxy) is 1. The van der Waals surface area contributed by atoms with Crippen LogP contribution in [-0.4, -0.2) is 46.8 Å². The van der Waals surface area contributed by atoms with E-state index in [0.717, 1.165) is 19.5 Å². The standard InChI is InChI=1S/C17H20N4O3/c1-2-24-15-4-3-11(9-13(15)16(22)23)14-5-7-19-17(20-14)21-8-6-12(18)10-21/h3-5,7,9,12H,2,6,8,10,18H2,1H3,(H,22,23). The first-order chi connectivity index (χ1) is 11.6. The summed E-state index contributed by atoms with van der Waals surface area (Å²) in [5.74, 6) is -0.0557. The monoisotopic (exact) mass is 328 g/mol. The molecule has 1 aliphatic heterocycles. The van der Waals surface area contributed by atoms with E-state index in [1.54, 1.807) is 30.5 Å². The average molecular weight is 328 g/mol. The van der Waals surface area contributed by atoms with Crippen LogP contribution in [0.5, 0.6) is 5.75 Å². The molecule has 1 unspecified atom stereocenters. The quantitative estimate of drug-likeness (QED) is 0.862. The van der Waals surface area contributed by atoms with E-state index in [1.807, 2.05) is 11.8 Å². The highest BCUT2D eigenvalue weighted by Gasteiger charge is 2.21. The van der Waals surface area contributed by atoms with Gasteiger partial charge in [0.05, 0.1) is 12.3 Å². The van der Waals surface area contributed by atoms with Gasteiger partial charge in [0.25, 0.3) is 0 Å². The third kappa shape index (κ3) is 3.30. The molecule has 7 nitrogen and oxygen atoms in total. The van der Waals surface area contributed by atoms with Crippen molar-refractivity contribution in [2.24, 2.45) is 5.73 Å². The third-order valence-corrected chi connectivity index (χ3v) is 3.96. The molecule has 1 aromatic heterocycles. The molecule has 0 spiro atoms. The molecule has 2 heterocycles. The van der Waals surface area contributed by atoms with Gasteiger partial charge in [0, 0.05) is 30.9 Å². The van der Waals surface area contributed by atoms with Crippen molar-refractivity contribution in [1.29, 1.82) is 0 Å². The summed E-state index contributed by atoms with van der Waals surface area (Å²) >= 11 is 0. The fourth-order valence-corrected chi connectivity index (χ4v) is 2.77. The van der Waals surface area contributed by atoms with Gasteiger partial charge in [-0.05, 0) is 37.6 Å². The maximum absolute atomic E-state index is 11.5. The Morgan fingerprint density at radius 1 is 1.46 bits per heavy atom. The Morgan fingerprint density at radius 3 is 2.96 bits per heavy atom. The second-order valence-electron chi connectivity index (χ2n) is 5.69. The minimum Gasteiger partial charge on any atom is -0.493 e. The van der Waals surface area contributed by atoms with Crippen LogP contribution in [0.2, 0.25) is 0 Å². The summed E-state index contributed by atoms with van der Waals surface area (Å²) in [4.78, 5) is 22.4. The van der Waals surface area contributed by atoms with Crippen molar-refractivity contribution >= 4 is 11.9 Å². The fourth-order valence-electron chi connectivity index (χ4n) is 2.77. The van der Waals surface area contributed by atoms with Gasteiger partial charge in [-0.2, -0.15) is 0 Å². The lowest BCUT2D eigenvalue weighted by molar-refractivity contribution is 0.0692. The van der Waals surface area contributed by atoms with E-state index in [9.17, 15) is 9.90 Å². The van der Waals surface area contributed by atoms with E-state index in [2.05, 4.69) is 9.97 Å². The molecule has 1 fully saturated rings. The number of nitrogens with two attached hydrogens (primary N) is 1. The topological polar surface area (TPSA) is 102 Å². The number of rotatable bonds is 5. The molecule has 3 rings (SSSR count). The Labute approximate surface area is 140 Å². The number of nitrogens with zero attached hydrogens (tertiary/aromatic N) is 3. The average Bonchev–Trinajstić information content (AvgIpc) is 3.02. The summed E-state index contributed by atoms with van der Waals surface area (Å²) in [6, 6.07) is 6.95. The van der Waals surface area contributed by atoms with Crippen molar-refractivity contribution in [2.45, 2.75) is 19.4 Å². The number of benzene rings is 1. The lowest BCUT2D eigenvalue weighted by atomic mass is 10.1. The molecule has 7 heteroatoms. The van der Waals surface area contributed by atoms with E-state index in [-0.39, 0.29) is 11.6 Å². The summed E-state index contributed by atoms with van der Waals surface area (Å²) in [5, 5.41) is 9.39. The maximum Gasteiger partial charge on any atom is 0.339 e. The normalized spacial score (nSPS) is 17.1. The second-order valence-corrected chi connectivity index (χ2v) is 5.69. The molecular weight excluding hydrogens is 308 g/mol. The molecule has 1 atom stereocenters. The first kappa shape index (κ1) is 16.2. The Balaban J connectivity index is 1.94. The SMILES string of the molecule is CCOc1ccc(-c2ccnc(N3CCC(N)C3)n2)cc1C(=O)O. The highest BCUT2D eigenvalue weighted by Crippen LogP contribution is 2.27. The lowest BCUT2D eigenvalue weighted by Crippen LogP contribution is -2.27. The molecule has 0 aliphatic carbocycles. The molecule has 1 aliphatic rings. The van der Waals surface area contributed by atoms with Crippen LogP contribution in [0.1, 0.15) is 23.7 Å². The van der Waals surface area contributed by atoms with Crippen molar-refractivity contribution in [3.05, 3.63) is 36.0 Å². The van der Waals surface area contributed by atoms with E-state index in [4.69, 9.17) is 10.5 Å². The predicted molar refractivity (Wildman–Crippen MR) is 90.4 cm³/mol. The third-order valence-electron chi connectivity index (χ3n) is 3.96. The van der Waals surface area contributed by atoms with Crippen LogP contribution in [0.25, 0.3) is 11.3 Å². The summed E-state index contributed by atoms with van der Waals surface area (Å²) < 4.78 is 5.37. The van der Waals surface area contributed by atoms with Gasteiger partial charge in [-0.3, -0.25) is 0 Å². The number of hydrogen-bond donors (Lipinski definition) is 2. The molecule has 0 bridgehead atoms. The fraction of sp³-hybridized carbons (Fsp3) is 0.353. The molecule has 3 N–H and O–H groups in total. The van der Waals surface area contributed by atoms with Gasteiger partial charge < -0.3 is 20.5 Å². The number of aromatic nitrogens is 2.